The molecule has 1 radical (unpaired) electrons. The van der Waals surface area contributed by atoms with Crippen LogP contribution in [0.1, 0.15) is 26.7 Å². The molecular weight excluding hydrogens is 98.1 g/mol. The Morgan fingerprint density at radius 3 is 2.25 bits per heavy atom. The summed E-state index contributed by atoms with van der Waals surface area (Å²) in [4.78, 5) is 4.22. The predicted octanol–water partition coefficient (Wildman–Crippen LogP) is 2.08. The monoisotopic (exact) mass is 112 g/mol. The Morgan fingerprint density at radius 1 is 1.50 bits per heavy atom. The second-order valence-electron chi connectivity index (χ2n) is 1.64. The topological polar surface area (TPSA) is 12.4 Å². The van der Waals surface area contributed by atoms with Crippen LogP contribution >= 0.6 is 0 Å². The Balaban J connectivity index is 3.49. The van der Waals surface area contributed by atoms with Crippen LogP contribution in [-0.4, -0.2) is 12.3 Å². The molecule has 0 aliphatic carbocycles. The zero-order chi connectivity index (χ0) is 6.41. The molecule has 0 aromatic carbocycles. The molecule has 0 atom stereocenters. The summed E-state index contributed by atoms with van der Waals surface area (Å²) in [6, 6.07) is 0. The minimum Gasteiger partial charge on any atom is -0.294 e. The molecule has 0 heterocycles. The van der Waals surface area contributed by atoms with Gasteiger partial charge in [0.25, 0.3) is 0 Å². The molecule has 47 valence electrons. The van der Waals surface area contributed by atoms with Crippen molar-refractivity contribution in [2.24, 2.45) is 4.99 Å². The quantitative estimate of drug-likeness (QED) is 0.496. The first-order chi connectivity index (χ1) is 3.85. The third-order valence-corrected chi connectivity index (χ3v) is 1.08. The van der Waals surface area contributed by atoms with Gasteiger partial charge in [-0.05, 0) is 26.7 Å². The maximum absolute atomic E-state index is 4.22. The van der Waals surface area contributed by atoms with Crippen molar-refractivity contribution >= 4 is 5.71 Å². The molecule has 8 heavy (non-hydrogen) atoms. The summed E-state index contributed by atoms with van der Waals surface area (Å²) in [6.07, 6.45) is 1.92. The number of hydrogen-bond donors (Lipinski definition) is 0. The lowest BCUT2D eigenvalue weighted by atomic mass is 10.2. The van der Waals surface area contributed by atoms with E-state index >= 15 is 0 Å². The number of hydrogen-bond acceptors (Lipinski definition) is 1. The van der Waals surface area contributed by atoms with E-state index in [1.165, 1.54) is 5.71 Å². The average molecular weight is 112 g/mol. The number of rotatable bonds is 3. The molecule has 1 nitrogen and oxygen atoms in total. The van der Waals surface area contributed by atoms with Gasteiger partial charge in [0.05, 0.1) is 0 Å². The van der Waals surface area contributed by atoms with Crippen LogP contribution in [0.2, 0.25) is 0 Å². The molecule has 0 fully saturated rings. The minimum absolute atomic E-state index is 0.865. The van der Waals surface area contributed by atoms with Crippen molar-refractivity contribution in [3.8, 4) is 0 Å². The van der Waals surface area contributed by atoms with E-state index in [9.17, 15) is 0 Å². The van der Waals surface area contributed by atoms with Gasteiger partial charge in [-0.2, -0.15) is 0 Å². The highest BCUT2D eigenvalue weighted by molar-refractivity contribution is 5.84. The third kappa shape index (κ3) is 2.78. The fourth-order valence-corrected chi connectivity index (χ4v) is 0.591. The smallest absolute Gasteiger partial charge is 0.0360 e. The molecule has 0 spiro atoms. The van der Waals surface area contributed by atoms with E-state index in [0.717, 1.165) is 19.4 Å². The second kappa shape index (κ2) is 4.82. The lowest BCUT2D eigenvalue weighted by molar-refractivity contribution is 1.08. The molecule has 0 aliphatic heterocycles. The maximum atomic E-state index is 4.22. The Kier molecular flexibility index (Phi) is 4.62. The zero-order valence-electron chi connectivity index (χ0n) is 5.78. The first kappa shape index (κ1) is 7.67. The molecule has 0 aliphatic rings. The van der Waals surface area contributed by atoms with Crippen molar-refractivity contribution in [2.45, 2.75) is 26.7 Å². The van der Waals surface area contributed by atoms with Gasteiger partial charge in [0, 0.05) is 12.3 Å². The Bertz CT molecular complexity index is 68.5. The van der Waals surface area contributed by atoms with Gasteiger partial charge in [-0.3, -0.25) is 4.99 Å². The fourth-order valence-electron chi connectivity index (χ4n) is 0.591. The van der Waals surface area contributed by atoms with Gasteiger partial charge in [-0.15, -0.1) is 0 Å². The van der Waals surface area contributed by atoms with Crippen LogP contribution in [0.3, 0.4) is 0 Å². The molecule has 0 saturated heterocycles. The van der Waals surface area contributed by atoms with E-state index in [2.05, 4.69) is 18.8 Å². The second-order valence-corrected chi connectivity index (χ2v) is 1.64. The van der Waals surface area contributed by atoms with Crippen LogP contribution < -0.4 is 0 Å². The van der Waals surface area contributed by atoms with Crippen LogP contribution in [-0.2, 0) is 0 Å². The predicted molar refractivity (Wildman–Crippen MR) is 38.2 cm³/mol. The highest BCUT2D eigenvalue weighted by atomic mass is 14.7. The summed E-state index contributed by atoms with van der Waals surface area (Å²) in [5.41, 5.74) is 1.23. The Labute approximate surface area is 51.8 Å². The molecule has 0 amide bonds. The summed E-state index contributed by atoms with van der Waals surface area (Å²) in [5, 5.41) is 0. The number of aliphatic imine (C=N–C) groups is 1. The van der Waals surface area contributed by atoms with Gasteiger partial charge in [-0.25, -0.2) is 0 Å². The molecule has 0 unspecified atom stereocenters. The summed E-state index contributed by atoms with van der Waals surface area (Å²) in [7, 11) is 0. The molecule has 1 heteroatoms. The van der Waals surface area contributed by atoms with E-state index in [1.807, 2.05) is 6.92 Å². The van der Waals surface area contributed by atoms with Crippen LogP contribution in [0.5, 0.6) is 0 Å². The highest BCUT2D eigenvalue weighted by Gasteiger charge is 1.86. The van der Waals surface area contributed by atoms with Gasteiger partial charge < -0.3 is 0 Å². The third-order valence-electron chi connectivity index (χ3n) is 1.08. The summed E-state index contributed by atoms with van der Waals surface area (Å²) >= 11 is 0. The van der Waals surface area contributed by atoms with Crippen molar-refractivity contribution < 1.29 is 0 Å². The van der Waals surface area contributed by atoms with Crippen LogP contribution in [0.4, 0.5) is 0 Å². The SMILES string of the molecule is [CH2]CC(CC)=NCC. The lowest BCUT2D eigenvalue weighted by Crippen LogP contribution is -1.93. The van der Waals surface area contributed by atoms with Gasteiger partial charge >= 0.3 is 0 Å². The molecule has 0 N–H and O–H groups in total. The number of nitrogens with zero attached hydrogens (tertiary/aromatic N) is 1. The first-order valence-corrected chi connectivity index (χ1v) is 3.16. The molecular formula is C7H14N. The van der Waals surface area contributed by atoms with Gasteiger partial charge in [-0.1, -0.05) is 6.92 Å². The summed E-state index contributed by atoms with van der Waals surface area (Å²) < 4.78 is 0. The van der Waals surface area contributed by atoms with Gasteiger partial charge in [0.2, 0.25) is 0 Å². The molecule has 0 bridgehead atoms. The van der Waals surface area contributed by atoms with Crippen LogP contribution in [0.15, 0.2) is 4.99 Å². The standard InChI is InChI=1S/C7H14N/c1-4-7(5-2)8-6-3/h1,4-6H2,2-3H3. The highest BCUT2D eigenvalue weighted by Crippen LogP contribution is 1.89. The molecule has 0 saturated carbocycles. The van der Waals surface area contributed by atoms with Crippen LogP contribution in [0, 0.1) is 6.92 Å². The summed E-state index contributed by atoms with van der Waals surface area (Å²) in [5.74, 6) is 0. The van der Waals surface area contributed by atoms with E-state index in [4.69, 9.17) is 0 Å². The van der Waals surface area contributed by atoms with Crippen molar-refractivity contribution in [1.82, 2.24) is 0 Å². The van der Waals surface area contributed by atoms with Crippen molar-refractivity contribution in [3.63, 3.8) is 0 Å². The Hall–Kier alpha value is -0.330. The van der Waals surface area contributed by atoms with E-state index in [0.29, 0.717) is 0 Å². The van der Waals surface area contributed by atoms with Crippen molar-refractivity contribution in [1.29, 1.82) is 0 Å². The van der Waals surface area contributed by atoms with Crippen LogP contribution in [0.25, 0.3) is 0 Å². The normalized spacial score (nSPS) is 12.1. The van der Waals surface area contributed by atoms with Crippen molar-refractivity contribution in [2.75, 3.05) is 6.54 Å². The van der Waals surface area contributed by atoms with Gasteiger partial charge in [0.1, 0.15) is 0 Å². The van der Waals surface area contributed by atoms with Gasteiger partial charge in [0.15, 0.2) is 0 Å². The Morgan fingerprint density at radius 2 is 2.12 bits per heavy atom. The first-order valence-electron chi connectivity index (χ1n) is 3.16. The maximum Gasteiger partial charge on any atom is 0.0360 e. The largest absolute Gasteiger partial charge is 0.294 e. The summed E-state index contributed by atoms with van der Waals surface area (Å²) in [6.45, 7) is 8.80. The molecule has 0 aromatic heterocycles. The molecule has 0 aromatic rings. The fraction of sp³-hybridized carbons (Fsp3) is 0.714. The van der Waals surface area contributed by atoms with E-state index in [1.54, 1.807) is 0 Å². The zero-order valence-corrected chi connectivity index (χ0v) is 5.78. The average Bonchev–Trinajstić information content (AvgIpc) is 1.83. The molecule has 0 rings (SSSR count). The lowest BCUT2D eigenvalue weighted by Gasteiger charge is -1.94. The van der Waals surface area contributed by atoms with E-state index in [-0.39, 0.29) is 0 Å². The van der Waals surface area contributed by atoms with E-state index < -0.39 is 0 Å². The van der Waals surface area contributed by atoms with Crippen molar-refractivity contribution in [3.05, 3.63) is 6.92 Å². The minimum atomic E-state index is 0.865.